The first-order valence-corrected chi connectivity index (χ1v) is 12.8. The average molecular weight is 528 g/mol. The summed E-state index contributed by atoms with van der Waals surface area (Å²) in [7, 11) is 3.14. The number of allylic oxidation sites excluding steroid dienone is 1. The number of hydrogen-bond acceptors (Lipinski definition) is 7. The molecule has 1 amide bonds. The highest BCUT2D eigenvalue weighted by Crippen LogP contribution is 2.48. The Labute approximate surface area is 226 Å². The number of non-ortho nitro benzene ring substituents is 1. The summed E-state index contributed by atoms with van der Waals surface area (Å²) in [6, 6.07) is 18.4. The number of carbonyl (C=O) groups excluding carboxylic acids is 2. The third kappa shape index (κ3) is 4.71. The van der Waals surface area contributed by atoms with E-state index in [2.05, 4.69) is 5.32 Å². The number of nitro benzene ring substituents is 1. The van der Waals surface area contributed by atoms with E-state index in [9.17, 15) is 19.7 Å². The van der Waals surface area contributed by atoms with Gasteiger partial charge in [0.2, 0.25) is 5.91 Å². The normalized spacial score (nSPS) is 18.4. The van der Waals surface area contributed by atoms with Gasteiger partial charge in [-0.05, 0) is 47.7 Å². The quantitative estimate of drug-likeness (QED) is 0.313. The van der Waals surface area contributed by atoms with Crippen molar-refractivity contribution in [2.24, 2.45) is 0 Å². The minimum absolute atomic E-state index is 0.101. The number of benzene rings is 3. The molecule has 1 N–H and O–H groups in total. The molecule has 0 fully saturated rings. The second-order valence-corrected chi connectivity index (χ2v) is 9.55. The number of para-hydroxylation sites is 2. The fourth-order valence-electron chi connectivity index (χ4n) is 5.50. The number of fused-ring (bicyclic) bond motifs is 1. The lowest BCUT2D eigenvalue weighted by Gasteiger charge is -2.35. The molecule has 0 saturated carbocycles. The standard InChI is InChI=1S/C30H29N3O6/c1-4-28(35)32-24-11-6-5-10-22(24)31-23-15-20(18-12-13-26(38-2)27(17-18)39-3)16-25(34)29(23)30(32)19-8-7-9-21(14-19)33(36)37/h5-14,17,20,30-31H,4,15-16H2,1-3H3. The third-order valence-corrected chi connectivity index (χ3v) is 7.34. The molecule has 3 aromatic carbocycles. The maximum Gasteiger partial charge on any atom is 0.269 e. The maximum absolute atomic E-state index is 14.0. The number of methoxy groups -OCH3 is 2. The zero-order chi connectivity index (χ0) is 27.7. The van der Waals surface area contributed by atoms with Gasteiger partial charge in [0.25, 0.3) is 5.69 Å². The molecule has 9 heteroatoms. The van der Waals surface area contributed by atoms with E-state index in [4.69, 9.17) is 9.47 Å². The van der Waals surface area contributed by atoms with E-state index in [1.165, 1.54) is 12.1 Å². The lowest BCUT2D eigenvalue weighted by atomic mass is 9.78. The second kappa shape index (κ2) is 10.6. The molecule has 2 unspecified atom stereocenters. The van der Waals surface area contributed by atoms with Gasteiger partial charge in [-0.1, -0.05) is 37.3 Å². The largest absolute Gasteiger partial charge is 0.493 e. The van der Waals surface area contributed by atoms with Crippen LogP contribution in [0.5, 0.6) is 11.5 Å². The Hall–Kier alpha value is -4.66. The summed E-state index contributed by atoms with van der Waals surface area (Å²) in [6.45, 7) is 1.76. The van der Waals surface area contributed by atoms with Gasteiger partial charge in [-0.25, -0.2) is 0 Å². The van der Waals surface area contributed by atoms with Crippen molar-refractivity contribution in [3.63, 3.8) is 0 Å². The van der Waals surface area contributed by atoms with Crippen molar-refractivity contribution in [3.8, 4) is 11.5 Å². The molecule has 0 bridgehead atoms. The van der Waals surface area contributed by atoms with Crippen molar-refractivity contribution in [1.82, 2.24) is 0 Å². The predicted octanol–water partition coefficient (Wildman–Crippen LogP) is 5.92. The Balaban J connectivity index is 1.69. The summed E-state index contributed by atoms with van der Waals surface area (Å²) in [5.74, 6) is 0.723. The summed E-state index contributed by atoms with van der Waals surface area (Å²) in [5, 5.41) is 15.1. The highest BCUT2D eigenvalue weighted by Gasteiger charge is 2.41. The summed E-state index contributed by atoms with van der Waals surface area (Å²) >= 11 is 0. The molecule has 9 nitrogen and oxygen atoms in total. The number of anilines is 2. The van der Waals surface area contributed by atoms with Crippen molar-refractivity contribution >= 4 is 28.8 Å². The molecule has 0 saturated heterocycles. The van der Waals surface area contributed by atoms with Gasteiger partial charge in [0.1, 0.15) is 0 Å². The van der Waals surface area contributed by atoms with Gasteiger partial charge in [-0.3, -0.25) is 24.6 Å². The van der Waals surface area contributed by atoms with Gasteiger partial charge in [0.05, 0.1) is 36.6 Å². The first-order valence-electron chi connectivity index (χ1n) is 12.8. The topological polar surface area (TPSA) is 111 Å². The van der Waals surface area contributed by atoms with E-state index in [0.717, 1.165) is 5.56 Å². The van der Waals surface area contributed by atoms with Gasteiger partial charge >= 0.3 is 0 Å². The van der Waals surface area contributed by atoms with E-state index >= 15 is 0 Å². The minimum atomic E-state index is -0.817. The lowest BCUT2D eigenvalue weighted by Crippen LogP contribution is -2.38. The molecule has 2 atom stereocenters. The van der Waals surface area contributed by atoms with Crippen LogP contribution in [0, 0.1) is 10.1 Å². The molecule has 5 rings (SSSR count). The van der Waals surface area contributed by atoms with Crippen LogP contribution in [0.2, 0.25) is 0 Å². The number of hydrogen-bond donors (Lipinski definition) is 1. The van der Waals surface area contributed by atoms with Gasteiger partial charge in [-0.2, -0.15) is 0 Å². The number of ketones is 1. The van der Waals surface area contributed by atoms with Crippen LogP contribution in [-0.4, -0.2) is 30.8 Å². The van der Waals surface area contributed by atoms with Crippen LogP contribution >= 0.6 is 0 Å². The molecule has 200 valence electrons. The lowest BCUT2D eigenvalue weighted by molar-refractivity contribution is -0.384. The summed E-state index contributed by atoms with van der Waals surface area (Å²) < 4.78 is 10.9. The third-order valence-electron chi connectivity index (χ3n) is 7.34. The van der Waals surface area contributed by atoms with Gasteiger partial charge in [0, 0.05) is 36.2 Å². The molecule has 3 aromatic rings. The molecule has 1 aliphatic carbocycles. The van der Waals surface area contributed by atoms with Crippen LogP contribution in [0.25, 0.3) is 0 Å². The van der Waals surface area contributed by atoms with E-state index in [-0.39, 0.29) is 36.1 Å². The number of rotatable bonds is 6. The van der Waals surface area contributed by atoms with Crippen LogP contribution in [0.4, 0.5) is 17.1 Å². The molecule has 1 heterocycles. The first-order chi connectivity index (χ1) is 18.9. The van der Waals surface area contributed by atoms with Crippen LogP contribution in [-0.2, 0) is 9.59 Å². The van der Waals surface area contributed by atoms with Crippen molar-refractivity contribution in [1.29, 1.82) is 0 Å². The van der Waals surface area contributed by atoms with E-state index in [1.54, 1.807) is 38.2 Å². The van der Waals surface area contributed by atoms with Gasteiger partial charge in [-0.15, -0.1) is 0 Å². The Morgan fingerprint density at radius 2 is 1.77 bits per heavy atom. The SMILES string of the molecule is CCC(=O)N1c2ccccc2NC2=C(C(=O)CC(c3ccc(OC)c(OC)c3)C2)C1c1cccc([N+](=O)[O-])c1. The zero-order valence-corrected chi connectivity index (χ0v) is 22.0. The Morgan fingerprint density at radius 3 is 2.49 bits per heavy atom. The fourth-order valence-corrected chi connectivity index (χ4v) is 5.50. The Morgan fingerprint density at radius 1 is 1.00 bits per heavy atom. The molecular formula is C30H29N3O6. The highest BCUT2D eigenvalue weighted by atomic mass is 16.6. The van der Waals surface area contributed by atoms with Crippen LogP contribution in [0.1, 0.15) is 49.3 Å². The van der Waals surface area contributed by atoms with Crippen LogP contribution in [0.3, 0.4) is 0 Å². The van der Waals surface area contributed by atoms with Crippen molar-refractivity contribution in [2.75, 3.05) is 24.4 Å². The number of Topliss-reactive ketones (excluding diaryl/α,β-unsaturated/α-hetero) is 1. The minimum Gasteiger partial charge on any atom is -0.493 e. The highest BCUT2D eigenvalue weighted by molar-refractivity contribution is 6.06. The van der Waals surface area contributed by atoms with Gasteiger partial charge in [0.15, 0.2) is 17.3 Å². The molecule has 0 aromatic heterocycles. The van der Waals surface area contributed by atoms with Crippen molar-refractivity contribution in [2.45, 2.75) is 38.1 Å². The summed E-state index contributed by atoms with van der Waals surface area (Å²) in [4.78, 5) is 40.3. The zero-order valence-electron chi connectivity index (χ0n) is 22.0. The fraction of sp³-hybridized carbons (Fsp3) is 0.267. The summed E-state index contributed by atoms with van der Waals surface area (Å²) in [5.41, 5.74) is 3.79. The smallest absolute Gasteiger partial charge is 0.269 e. The van der Waals surface area contributed by atoms with Crippen LogP contribution < -0.4 is 19.7 Å². The van der Waals surface area contributed by atoms with E-state index < -0.39 is 11.0 Å². The maximum atomic E-state index is 14.0. The molecule has 0 spiro atoms. The van der Waals surface area contributed by atoms with E-state index in [0.29, 0.717) is 46.1 Å². The Bertz CT molecular complexity index is 1500. The average Bonchev–Trinajstić information content (AvgIpc) is 3.11. The predicted molar refractivity (Wildman–Crippen MR) is 147 cm³/mol. The number of nitrogens with zero attached hydrogens (tertiary/aromatic N) is 2. The van der Waals surface area contributed by atoms with Crippen LogP contribution in [0.15, 0.2) is 78.0 Å². The number of nitrogens with one attached hydrogen (secondary N) is 1. The Kier molecular flexibility index (Phi) is 7.06. The number of carbonyl (C=O) groups is 2. The number of nitro groups is 1. The monoisotopic (exact) mass is 527 g/mol. The van der Waals surface area contributed by atoms with Gasteiger partial charge < -0.3 is 14.8 Å². The molecular weight excluding hydrogens is 498 g/mol. The molecule has 2 aliphatic rings. The molecule has 39 heavy (non-hydrogen) atoms. The number of amides is 1. The van der Waals surface area contributed by atoms with Crippen molar-refractivity contribution in [3.05, 3.63) is 99.2 Å². The summed E-state index contributed by atoms with van der Waals surface area (Å²) in [6.07, 6.45) is 0.918. The van der Waals surface area contributed by atoms with E-state index in [1.807, 2.05) is 42.5 Å². The molecule has 1 aliphatic heterocycles. The molecule has 0 radical (unpaired) electrons. The first kappa shape index (κ1) is 26.0. The van der Waals surface area contributed by atoms with Crippen molar-refractivity contribution < 1.29 is 24.0 Å². The second-order valence-electron chi connectivity index (χ2n) is 9.55. The number of ether oxygens (including phenoxy) is 2.